The van der Waals surface area contributed by atoms with Gasteiger partial charge in [0.25, 0.3) is 0 Å². The molecule has 0 spiro atoms. The van der Waals surface area contributed by atoms with Gasteiger partial charge >= 0.3 is 6.09 Å². The Hall–Kier alpha value is -2.37. The lowest BCUT2D eigenvalue weighted by atomic mass is 9.99. The predicted molar refractivity (Wildman–Crippen MR) is 94.9 cm³/mol. The minimum absolute atomic E-state index is 0.242. The van der Waals surface area contributed by atoms with Gasteiger partial charge in [0.15, 0.2) is 0 Å². The van der Waals surface area contributed by atoms with Crippen molar-refractivity contribution in [2.75, 3.05) is 0 Å². The molecule has 25 heavy (non-hydrogen) atoms. The average Bonchev–Trinajstić information content (AvgIpc) is 2.84. The lowest BCUT2D eigenvalue weighted by molar-refractivity contribution is 0.0471. The Kier molecular flexibility index (Phi) is 5.50. The van der Waals surface area contributed by atoms with Crippen LogP contribution in [0.1, 0.15) is 45.9 Å². The Bertz CT molecular complexity index is 732. The van der Waals surface area contributed by atoms with Crippen LogP contribution in [0.2, 0.25) is 0 Å². The summed E-state index contributed by atoms with van der Waals surface area (Å²) in [6.07, 6.45) is 3.49. The second kappa shape index (κ2) is 7.25. The Morgan fingerprint density at radius 3 is 2.56 bits per heavy atom. The summed E-state index contributed by atoms with van der Waals surface area (Å²) in [5, 5.41) is 2.88. The van der Waals surface area contributed by atoms with Gasteiger partial charge in [0.05, 0.1) is 12.9 Å². The summed E-state index contributed by atoms with van der Waals surface area (Å²) in [6, 6.07) is 6.67. The number of carbonyl (C=O) groups is 1. The number of hydrogen-bond donors (Lipinski definition) is 1. The number of alkyl carbamates (subject to hydrolysis) is 1. The van der Waals surface area contributed by atoms with Crippen molar-refractivity contribution in [2.24, 2.45) is 0 Å². The van der Waals surface area contributed by atoms with E-state index in [9.17, 15) is 9.18 Å². The number of halogens is 1. The topological polar surface area (TPSA) is 56.2 Å². The number of aromatic nitrogens is 2. The van der Waals surface area contributed by atoms with Gasteiger partial charge < -0.3 is 14.6 Å². The van der Waals surface area contributed by atoms with Crippen molar-refractivity contribution in [2.45, 2.75) is 58.7 Å². The molecule has 0 aliphatic carbocycles. The number of benzene rings is 1. The molecular formula is C19H26FN3O2. The van der Waals surface area contributed by atoms with Crippen LogP contribution in [0.5, 0.6) is 0 Å². The highest BCUT2D eigenvalue weighted by atomic mass is 19.1. The summed E-state index contributed by atoms with van der Waals surface area (Å²) in [7, 11) is 0. The van der Waals surface area contributed by atoms with Crippen molar-refractivity contribution in [3.05, 3.63) is 53.9 Å². The molecule has 6 heteroatoms. The van der Waals surface area contributed by atoms with Crippen LogP contribution in [-0.2, 0) is 17.7 Å². The molecule has 1 amide bonds. The Balaban J connectivity index is 2.06. The smallest absolute Gasteiger partial charge is 0.408 e. The Labute approximate surface area is 148 Å². The molecule has 1 heterocycles. The Morgan fingerprint density at radius 2 is 1.92 bits per heavy atom. The second-order valence-corrected chi connectivity index (χ2v) is 7.79. The standard InChI is InChI=1S/C19H26FN3O2/c1-18(2,3)25-17(24)22-19(4,5)10-15-11-21-13-23(15)12-14-8-6-7-9-16(14)20/h6-9,11,13H,10,12H2,1-5H3,(H,22,24). The highest BCUT2D eigenvalue weighted by molar-refractivity contribution is 5.68. The minimum Gasteiger partial charge on any atom is -0.444 e. The Morgan fingerprint density at radius 1 is 1.24 bits per heavy atom. The lowest BCUT2D eigenvalue weighted by Gasteiger charge is -2.29. The third kappa shape index (κ3) is 5.89. The molecule has 1 N–H and O–H groups in total. The number of amides is 1. The van der Waals surface area contributed by atoms with Crippen LogP contribution in [0.4, 0.5) is 9.18 Å². The number of rotatable bonds is 5. The monoisotopic (exact) mass is 347 g/mol. The van der Waals surface area contributed by atoms with Gasteiger partial charge in [-0.3, -0.25) is 0 Å². The molecule has 0 fully saturated rings. The van der Waals surface area contributed by atoms with Gasteiger partial charge in [0, 0.05) is 29.4 Å². The lowest BCUT2D eigenvalue weighted by Crippen LogP contribution is -2.47. The summed E-state index contributed by atoms with van der Waals surface area (Å²) in [5.74, 6) is -0.242. The number of nitrogens with one attached hydrogen (secondary N) is 1. The van der Waals surface area contributed by atoms with E-state index in [2.05, 4.69) is 10.3 Å². The first-order chi connectivity index (χ1) is 11.6. The zero-order valence-corrected chi connectivity index (χ0v) is 15.5. The summed E-state index contributed by atoms with van der Waals surface area (Å²) in [4.78, 5) is 16.2. The fourth-order valence-electron chi connectivity index (χ4n) is 2.52. The predicted octanol–water partition coefficient (Wildman–Crippen LogP) is 3.92. The van der Waals surface area contributed by atoms with E-state index in [4.69, 9.17) is 4.74 Å². The van der Waals surface area contributed by atoms with E-state index in [1.54, 1.807) is 24.7 Å². The first kappa shape index (κ1) is 19.0. The molecule has 2 aromatic rings. The number of carbonyl (C=O) groups excluding carboxylic acids is 1. The first-order valence-electron chi connectivity index (χ1n) is 8.29. The molecule has 136 valence electrons. The molecule has 0 saturated carbocycles. The molecule has 0 bridgehead atoms. The van der Waals surface area contributed by atoms with Gasteiger partial charge in [-0.05, 0) is 40.7 Å². The van der Waals surface area contributed by atoms with Crippen molar-refractivity contribution >= 4 is 6.09 Å². The third-order valence-corrected chi connectivity index (χ3v) is 3.56. The molecule has 0 unspecified atom stereocenters. The second-order valence-electron chi connectivity index (χ2n) is 7.79. The molecule has 1 aromatic carbocycles. The molecule has 0 saturated heterocycles. The van der Waals surface area contributed by atoms with E-state index in [0.29, 0.717) is 18.5 Å². The minimum atomic E-state index is -0.549. The normalized spacial score (nSPS) is 12.1. The van der Waals surface area contributed by atoms with Crippen LogP contribution in [0.25, 0.3) is 0 Å². The molecule has 5 nitrogen and oxygen atoms in total. The molecular weight excluding hydrogens is 321 g/mol. The fourth-order valence-corrected chi connectivity index (χ4v) is 2.52. The SMILES string of the molecule is CC(C)(Cc1cncn1Cc1ccccc1F)NC(=O)OC(C)(C)C. The number of hydrogen-bond acceptors (Lipinski definition) is 3. The summed E-state index contributed by atoms with van der Waals surface area (Å²) < 4.78 is 21.1. The van der Waals surface area contributed by atoms with Crippen LogP contribution in [0.15, 0.2) is 36.8 Å². The molecule has 0 atom stereocenters. The van der Waals surface area contributed by atoms with Crippen molar-refractivity contribution in [3.8, 4) is 0 Å². The zero-order chi connectivity index (χ0) is 18.7. The third-order valence-electron chi connectivity index (χ3n) is 3.56. The van der Waals surface area contributed by atoms with Gasteiger partial charge in [-0.1, -0.05) is 18.2 Å². The van der Waals surface area contributed by atoms with Crippen molar-refractivity contribution in [1.82, 2.24) is 14.9 Å². The first-order valence-corrected chi connectivity index (χ1v) is 8.29. The molecule has 1 aromatic heterocycles. The van der Waals surface area contributed by atoms with Gasteiger partial charge in [0.2, 0.25) is 0 Å². The van der Waals surface area contributed by atoms with E-state index in [0.717, 1.165) is 5.69 Å². The number of ether oxygens (including phenoxy) is 1. The van der Waals surface area contributed by atoms with Crippen LogP contribution < -0.4 is 5.32 Å². The summed E-state index contributed by atoms with van der Waals surface area (Å²) in [5.41, 5.74) is 0.422. The summed E-state index contributed by atoms with van der Waals surface area (Å²) >= 11 is 0. The van der Waals surface area contributed by atoms with Gasteiger partial charge in [-0.15, -0.1) is 0 Å². The molecule has 0 aliphatic rings. The summed E-state index contributed by atoms with van der Waals surface area (Å²) in [6.45, 7) is 9.69. The van der Waals surface area contributed by atoms with E-state index in [-0.39, 0.29) is 5.82 Å². The van der Waals surface area contributed by atoms with Crippen LogP contribution in [0, 0.1) is 5.82 Å². The zero-order valence-electron chi connectivity index (χ0n) is 15.5. The van der Waals surface area contributed by atoms with Crippen LogP contribution in [-0.4, -0.2) is 26.8 Å². The largest absolute Gasteiger partial charge is 0.444 e. The van der Waals surface area contributed by atoms with Crippen molar-refractivity contribution < 1.29 is 13.9 Å². The highest BCUT2D eigenvalue weighted by Gasteiger charge is 2.26. The molecule has 2 rings (SSSR count). The number of nitrogens with zero attached hydrogens (tertiary/aromatic N) is 2. The van der Waals surface area contributed by atoms with Crippen molar-refractivity contribution in [1.29, 1.82) is 0 Å². The maximum Gasteiger partial charge on any atom is 0.408 e. The quantitative estimate of drug-likeness (QED) is 0.892. The van der Waals surface area contributed by atoms with E-state index in [1.807, 2.05) is 45.3 Å². The number of imidazole rings is 1. The van der Waals surface area contributed by atoms with Gasteiger partial charge in [-0.2, -0.15) is 0 Å². The van der Waals surface area contributed by atoms with Crippen molar-refractivity contribution in [3.63, 3.8) is 0 Å². The van der Waals surface area contributed by atoms with E-state index >= 15 is 0 Å². The van der Waals surface area contributed by atoms with Gasteiger partial charge in [0.1, 0.15) is 11.4 Å². The maximum atomic E-state index is 13.9. The molecule has 0 radical (unpaired) electrons. The highest BCUT2D eigenvalue weighted by Crippen LogP contribution is 2.17. The fraction of sp³-hybridized carbons (Fsp3) is 0.474. The van der Waals surface area contributed by atoms with Gasteiger partial charge in [-0.25, -0.2) is 14.2 Å². The average molecular weight is 347 g/mol. The van der Waals surface area contributed by atoms with Crippen LogP contribution >= 0.6 is 0 Å². The van der Waals surface area contributed by atoms with E-state index < -0.39 is 17.2 Å². The maximum absolute atomic E-state index is 13.9. The van der Waals surface area contributed by atoms with E-state index in [1.165, 1.54) is 6.07 Å². The van der Waals surface area contributed by atoms with Crippen LogP contribution in [0.3, 0.4) is 0 Å². The molecule has 0 aliphatic heterocycles.